The molecule has 0 aliphatic rings. The van der Waals surface area contributed by atoms with E-state index in [1.165, 1.54) is 19.3 Å². The van der Waals surface area contributed by atoms with Crippen LogP contribution < -0.4 is 0 Å². The maximum absolute atomic E-state index is 4.81. The molecule has 0 N–H and O–H groups in total. The van der Waals surface area contributed by atoms with E-state index < -0.39 is 0 Å². The second-order valence-corrected chi connectivity index (χ2v) is 3.15. The molecule has 2 nitrogen and oxygen atoms in total. The van der Waals surface area contributed by atoms with Crippen LogP contribution in [-0.2, 0) is 4.74 Å². The predicted octanol–water partition coefficient (Wildman–Crippen LogP) is 2.39. The van der Waals surface area contributed by atoms with Crippen LogP contribution in [0, 0.1) is 0 Å². The van der Waals surface area contributed by atoms with Gasteiger partial charge in [-0.15, -0.1) is 0 Å². The van der Waals surface area contributed by atoms with Gasteiger partial charge in [-0.05, 0) is 14.1 Å². The lowest BCUT2D eigenvalue weighted by Crippen LogP contribution is -2.16. The van der Waals surface area contributed by atoms with Gasteiger partial charge in [0.05, 0.1) is 6.61 Å². The second kappa shape index (κ2) is 13.5. The quantitative estimate of drug-likeness (QED) is 0.636. The van der Waals surface area contributed by atoms with Gasteiger partial charge in [0.1, 0.15) is 0 Å². The Balaban J connectivity index is 0. The third kappa shape index (κ3) is 22.5. The summed E-state index contributed by atoms with van der Waals surface area (Å²) in [5.41, 5.74) is 0. The number of likely N-dealkylation sites (N-methyl/N-ethyl adjacent to an activating group) is 1. The molecule has 12 heavy (non-hydrogen) atoms. The van der Waals surface area contributed by atoms with Gasteiger partial charge in [0.25, 0.3) is 0 Å². The summed E-state index contributed by atoms with van der Waals surface area (Å²) in [5, 5.41) is 0. The Morgan fingerprint density at radius 1 is 1.08 bits per heavy atom. The first-order chi connectivity index (χ1) is 5.68. The molecule has 0 aromatic carbocycles. The third-order valence-electron chi connectivity index (χ3n) is 1.45. The molecule has 76 valence electrons. The minimum Gasteiger partial charge on any atom is -0.383 e. The normalized spacial score (nSPS) is 9.50. The van der Waals surface area contributed by atoms with Gasteiger partial charge in [-0.25, -0.2) is 0 Å². The van der Waals surface area contributed by atoms with Gasteiger partial charge in [-0.2, -0.15) is 0 Å². The first kappa shape index (κ1) is 14.4. The molecular formula is C10H25NO. The van der Waals surface area contributed by atoms with E-state index in [2.05, 4.69) is 18.7 Å². The standard InChI is InChI=1S/C5H13NO.C5H12/c1-6(2)4-5-7-3;1-3-5-4-2/h4-5H2,1-3H3;3-5H2,1-2H3. The van der Waals surface area contributed by atoms with Crippen molar-refractivity contribution in [3.8, 4) is 0 Å². The van der Waals surface area contributed by atoms with Crippen molar-refractivity contribution in [3.63, 3.8) is 0 Å². The van der Waals surface area contributed by atoms with Crippen LogP contribution in [0.4, 0.5) is 0 Å². The summed E-state index contributed by atoms with van der Waals surface area (Å²) in [4.78, 5) is 2.09. The molecule has 0 amide bonds. The van der Waals surface area contributed by atoms with Crippen molar-refractivity contribution < 1.29 is 4.74 Å². The zero-order chi connectivity index (χ0) is 9.82. The summed E-state index contributed by atoms with van der Waals surface area (Å²) in [5.74, 6) is 0. The van der Waals surface area contributed by atoms with Crippen LogP contribution in [0.15, 0.2) is 0 Å². The Bertz CT molecular complexity index is 62.9. The summed E-state index contributed by atoms with van der Waals surface area (Å²) in [6.07, 6.45) is 4.08. The molecule has 0 saturated heterocycles. The molecule has 0 aromatic rings. The fourth-order valence-corrected chi connectivity index (χ4v) is 0.627. The lowest BCUT2D eigenvalue weighted by Gasteiger charge is -2.06. The smallest absolute Gasteiger partial charge is 0.0589 e. The minimum atomic E-state index is 0.826. The third-order valence-corrected chi connectivity index (χ3v) is 1.45. The Morgan fingerprint density at radius 3 is 1.67 bits per heavy atom. The van der Waals surface area contributed by atoms with Crippen LogP contribution in [0.25, 0.3) is 0 Å². The van der Waals surface area contributed by atoms with Gasteiger partial charge in [-0.1, -0.05) is 33.1 Å². The number of unbranched alkanes of at least 4 members (excludes halogenated alkanes) is 2. The van der Waals surface area contributed by atoms with Crippen molar-refractivity contribution >= 4 is 0 Å². The Morgan fingerprint density at radius 2 is 1.58 bits per heavy atom. The van der Waals surface area contributed by atoms with E-state index in [1.54, 1.807) is 7.11 Å². The fourth-order valence-electron chi connectivity index (χ4n) is 0.627. The highest BCUT2D eigenvalue weighted by Crippen LogP contribution is 1.88. The van der Waals surface area contributed by atoms with Crippen LogP contribution >= 0.6 is 0 Å². The number of hydrogen-bond donors (Lipinski definition) is 0. The van der Waals surface area contributed by atoms with Crippen molar-refractivity contribution in [3.05, 3.63) is 0 Å². The maximum Gasteiger partial charge on any atom is 0.0589 e. The summed E-state index contributed by atoms with van der Waals surface area (Å²) in [7, 11) is 5.77. The summed E-state index contributed by atoms with van der Waals surface area (Å²) < 4.78 is 4.81. The molecule has 0 saturated carbocycles. The van der Waals surface area contributed by atoms with E-state index in [0.29, 0.717) is 0 Å². The molecule has 0 fully saturated rings. The molecule has 0 rings (SSSR count). The van der Waals surface area contributed by atoms with Crippen molar-refractivity contribution in [1.29, 1.82) is 0 Å². The molecule has 0 radical (unpaired) electrons. The Kier molecular flexibility index (Phi) is 16.3. The number of hydrogen-bond acceptors (Lipinski definition) is 2. The maximum atomic E-state index is 4.81. The first-order valence-electron chi connectivity index (χ1n) is 4.82. The average Bonchev–Trinajstić information content (AvgIpc) is 2.03. The van der Waals surface area contributed by atoms with Crippen LogP contribution in [0.1, 0.15) is 33.1 Å². The zero-order valence-electron chi connectivity index (χ0n) is 9.39. The molecule has 0 heterocycles. The van der Waals surface area contributed by atoms with Crippen LogP contribution in [0.3, 0.4) is 0 Å². The summed E-state index contributed by atoms with van der Waals surface area (Å²) in [6.45, 7) is 6.26. The molecule has 0 unspecified atom stereocenters. The number of methoxy groups -OCH3 is 1. The SMILES string of the molecule is CCCCC.COCCN(C)C. The van der Waals surface area contributed by atoms with Gasteiger partial charge in [0.2, 0.25) is 0 Å². The predicted molar refractivity (Wildman–Crippen MR) is 55.6 cm³/mol. The monoisotopic (exact) mass is 175 g/mol. The van der Waals surface area contributed by atoms with Crippen LogP contribution in [-0.4, -0.2) is 39.3 Å². The second-order valence-electron chi connectivity index (χ2n) is 3.15. The highest BCUT2D eigenvalue weighted by Gasteiger charge is 1.83. The van der Waals surface area contributed by atoms with Crippen molar-refractivity contribution in [2.45, 2.75) is 33.1 Å². The molecule has 0 aliphatic heterocycles. The topological polar surface area (TPSA) is 12.5 Å². The van der Waals surface area contributed by atoms with E-state index in [-0.39, 0.29) is 0 Å². The van der Waals surface area contributed by atoms with Gasteiger partial charge in [0, 0.05) is 13.7 Å². The van der Waals surface area contributed by atoms with E-state index in [0.717, 1.165) is 13.2 Å². The average molecular weight is 175 g/mol. The Labute approximate surface area is 77.9 Å². The van der Waals surface area contributed by atoms with Crippen molar-refractivity contribution in [1.82, 2.24) is 4.90 Å². The lowest BCUT2D eigenvalue weighted by molar-refractivity contribution is 0.172. The zero-order valence-corrected chi connectivity index (χ0v) is 9.39. The van der Waals surface area contributed by atoms with E-state index in [4.69, 9.17) is 4.74 Å². The molecular weight excluding hydrogens is 150 g/mol. The first-order valence-corrected chi connectivity index (χ1v) is 4.82. The van der Waals surface area contributed by atoms with Crippen LogP contribution in [0.2, 0.25) is 0 Å². The fraction of sp³-hybridized carbons (Fsp3) is 1.00. The van der Waals surface area contributed by atoms with Crippen molar-refractivity contribution in [2.75, 3.05) is 34.4 Å². The molecule has 0 spiro atoms. The van der Waals surface area contributed by atoms with E-state index >= 15 is 0 Å². The summed E-state index contributed by atoms with van der Waals surface area (Å²) in [6, 6.07) is 0. The molecule has 0 atom stereocenters. The largest absolute Gasteiger partial charge is 0.383 e. The van der Waals surface area contributed by atoms with Gasteiger partial charge >= 0.3 is 0 Å². The molecule has 2 heteroatoms. The van der Waals surface area contributed by atoms with Gasteiger partial charge in [0.15, 0.2) is 0 Å². The number of rotatable bonds is 5. The van der Waals surface area contributed by atoms with Crippen molar-refractivity contribution in [2.24, 2.45) is 0 Å². The molecule has 0 aliphatic carbocycles. The highest BCUT2D eigenvalue weighted by atomic mass is 16.5. The van der Waals surface area contributed by atoms with Crippen LogP contribution in [0.5, 0.6) is 0 Å². The summed E-state index contributed by atoms with van der Waals surface area (Å²) >= 11 is 0. The minimum absolute atomic E-state index is 0.826. The Hall–Kier alpha value is -0.0800. The number of ether oxygens (including phenoxy) is 1. The molecule has 0 aromatic heterocycles. The van der Waals surface area contributed by atoms with Gasteiger partial charge < -0.3 is 9.64 Å². The van der Waals surface area contributed by atoms with E-state index in [9.17, 15) is 0 Å². The highest BCUT2D eigenvalue weighted by molar-refractivity contribution is 4.36. The number of nitrogens with zero attached hydrogens (tertiary/aromatic N) is 1. The van der Waals surface area contributed by atoms with Gasteiger partial charge in [-0.3, -0.25) is 0 Å². The lowest BCUT2D eigenvalue weighted by atomic mass is 10.3. The molecule has 0 bridgehead atoms. The van der Waals surface area contributed by atoms with E-state index in [1.807, 2.05) is 14.1 Å².